The first kappa shape index (κ1) is 21.9. The second kappa shape index (κ2) is 12.7. The van der Waals surface area contributed by atoms with Gasteiger partial charge in [-0.3, -0.25) is 4.79 Å². The zero-order chi connectivity index (χ0) is 20.2. The summed E-state index contributed by atoms with van der Waals surface area (Å²) in [5.41, 5.74) is 0. The Bertz CT molecular complexity index is 798. The molecule has 29 heavy (non-hydrogen) atoms. The van der Waals surface area contributed by atoms with Gasteiger partial charge >= 0.3 is 5.97 Å². The molecule has 3 aromatic carbocycles. The highest BCUT2D eigenvalue weighted by Crippen LogP contribution is 2.25. The molecule has 0 spiro atoms. The summed E-state index contributed by atoms with van der Waals surface area (Å²) in [5.74, 6) is 2.11. The number of carbonyl (C=O) groups excluding carboxylic acids is 1. The first-order valence-electron chi connectivity index (χ1n) is 9.52. The monoisotopic (exact) mass is 440 g/mol. The molecule has 150 valence electrons. The lowest BCUT2D eigenvalue weighted by atomic mass is 10.4. The molecule has 0 aliphatic rings. The normalized spacial score (nSPS) is 10.8. The van der Waals surface area contributed by atoms with Crippen molar-refractivity contribution in [2.24, 2.45) is 0 Å². The second-order valence-corrected chi connectivity index (χ2v) is 9.63. The molecule has 0 amide bonds. The minimum absolute atomic E-state index is 0.124. The lowest BCUT2D eigenvalue weighted by molar-refractivity contribution is -0.146. The van der Waals surface area contributed by atoms with Crippen LogP contribution in [0.3, 0.4) is 0 Å². The summed E-state index contributed by atoms with van der Waals surface area (Å²) in [7, 11) is 0. The van der Waals surface area contributed by atoms with Gasteiger partial charge < -0.3 is 4.74 Å². The number of hydrogen-bond donors (Lipinski definition) is 0. The molecule has 5 heteroatoms. The molecule has 0 saturated carbocycles. The lowest BCUT2D eigenvalue weighted by Crippen LogP contribution is -2.23. The van der Waals surface area contributed by atoms with E-state index >= 15 is 0 Å². The SMILES string of the molecule is O=C(CCSc1ccccc1)OC(CSc1ccccc1)CSc1ccccc1. The van der Waals surface area contributed by atoms with Crippen LogP contribution in [0.2, 0.25) is 0 Å². The van der Waals surface area contributed by atoms with Gasteiger partial charge in [-0.25, -0.2) is 0 Å². The predicted molar refractivity (Wildman–Crippen MR) is 126 cm³/mol. The molecule has 2 nitrogen and oxygen atoms in total. The highest BCUT2D eigenvalue weighted by molar-refractivity contribution is 8.00. The van der Waals surface area contributed by atoms with Gasteiger partial charge in [0.15, 0.2) is 0 Å². The minimum atomic E-state index is -0.125. The Morgan fingerprint density at radius 3 is 1.52 bits per heavy atom. The Labute approximate surface area is 185 Å². The van der Waals surface area contributed by atoms with Crippen molar-refractivity contribution >= 4 is 41.3 Å². The van der Waals surface area contributed by atoms with Gasteiger partial charge in [-0.1, -0.05) is 54.6 Å². The Kier molecular flexibility index (Phi) is 9.57. The van der Waals surface area contributed by atoms with Crippen molar-refractivity contribution in [3.8, 4) is 0 Å². The molecule has 0 N–H and O–H groups in total. The number of esters is 1. The standard InChI is InChI=1S/C24H24O2S3/c25-24(16-17-27-21-10-4-1-5-11-21)26-20(18-28-22-12-6-2-7-13-22)19-29-23-14-8-3-9-15-23/h1-15,20H,16-19H2. The van der Waals surface area contributed by atoms with Crippen LogP contribution in [0.4, 0.5) is 0 Å². The van der Waals surface area contributed by atoms with E-state index in [9.17, 15) is 4.79 Å². The van der Waals surface area contributed by atoms with Crippen molar-refractivity contribution in [3.63, 3.8) is 0 Å². The largest absolute Gasteiger partial charge is 0.461 e. The third-order valence-corrected chi connectivity index (χ3v) is 7.28. The fourth-order valence-electron chi connectivity index (χ4n) is 2.54. The summed E-state index contributed by atoms with van der Waals surface area (Å²) in [5, 5.41) is 0. The first-order valence-corrected chi connectivity index (χ1v) is 12.5. The van der Waals surface area contributed by atoms with Crippen molar-refractivity contribution < 1.29 is 9.53 Å². The highest BCUT2D eigenvalue weighted by atomic mass is 32.2. The average molecular weight is 441 g/mol. The van der Waals surface area contributed by atoms with E-state index in [2.05, 4.69) is 36.4 Å². The maximum Gasteiger partial charge on any atom is 0.306 e. The van der Waals surface area contributed by atoms with E-state index < -0.39 is 0 Å². The van der Waals surface area contributed by atoms with E-state index in [1.54, 1.807) is 35.3 Å². The number of ether oxygens (including phenoxy) is 1. The zero-order valence-corrected chi connectivity index (χ0v) is 18.6. The van der Waals surface area contributed by atoms with Gasteiger partial charge in [0.25, 0.3) is 0 Å². The highest BCUT2D eigenvalue weighted by Gasteiger charge is 2.16. The summed E-state index contributed by atoms with van der Waals surface area (Å²) in [6.07, 6.45) is 0.293. The van der Waals surface area contributed by atoms with E-state index in [0.717, 1.165) is 17.3 Å². The van der Waals surface area contributed by atoms with E-state index in [1.807, 2.05) is 54.6 Å². The second-order valence-electron chi connectivity index (χ2n) is 6.27. The molecule has 0 heterocycles. The van der Waals surface area contributed by atoms with Crippen LogP contribution in [0.25, 0.3) is 0 Å². The molecular formula is C24H24O2S3. The first-order chi connectivity index (χ1) is 14.3. The van der Waals surface area contributed by atoms with Crippen LogP contribution >= 0.6 is 35.3 Å². The summed E-state index contributed by atoms with van der Waals surface area (Å²) >= 11 is 5.15. The number of benzene rings is 3. The van der Waals surface area contributed by atoms with Crippen molar-refractivity contribution in [1.82, 2.24) is 0 Å². The van der Waals surface area contributed by atoms with E-state index in [-0.39, 0.29) is 12.1 Å². The van der Waals surface area contributed by atoms with Crippen molar-refractivity contribution in [2.45, 2.75) is 27.2 Å². The third kappa shape index (κ3) is 8.60. The summed E-state index contributed by atoms with van der Waals surface area (Å²) in [4.78, 5) is 16.0. The van der Waals surface area contributed by atoms with Gasteiger partial charge in [-0.15, -0.1) is 35.3 Å². The predicted octanol–water partition coefficient (Wildman–Crippen LogP) is 6.67. The van der Waals surface area contributed by atoms with Crippen LogP contribution in [-0.4, -0.2) is 29.3 Å². The van der Waals surface area contributed by atoms with Crippen molar-refractivity contribution in [2.75, 3.05) is 17.3 Å². The van der Waals surface area contributed by atoms with Crippen molar-refractivity contribution in [3.05, 3.63) is 91.0 Å². The molecule has 0 saturated heterocycles. The molecule has 0 aliphatic heterocycles. The summed E-state index contributed by atoms with van der Waals surface area (Å²) in [6.45, 7) is 0. The van der Waals surface area contributed by atoms with Crippen LogP contribution < -0.4 is 0 Å². The number of carbonyl (C=O) groups is 1. The maximum atomic E-state index is 12.4. The summed E-state index contributed by atoms with van der Waals surface area (Å²) in [6, 6.07) is 30.6. The topological polar surface area (TPSA) is 26.3 Å². The van der Waals surface area contributed by atoms with Crippen LogP contribution in [-0.2, 0) is 9.53 Å². The molecule has 0 unspecified atom stereocenters. The minimum Gasteiger partial charge on any atom is -0.461 e. The zero-order valence-electron chi connectivity index (χ0n) is 16.1. The number of hydrogen-bond acceptors (Lipinski definition) is 5. The number of thioether (sulfide) groups is 3. The van der Waals surface area contributed by atoms with Crippen molar-refractivity contribution in [1.29, 1.82) is 0 Å². The molecular weight excluding hydrogens is 416 g/mol. The maximum absolute atomic E-state index is 12.4. The third-order valence-electron chi connectivity index (χ3n) is 3.97. The van der Waals surface area contributed by atoms with Gasteiger partial charge in [0, 0.05) is 31.9 Å². The molecule has 3 aromatic rings. The molecule has 0 aromatic heterocycles. The van der Waals surface area contributed by atoms with Crippen LogP contribution in [0.1, 0.15) is 6.42 Å². The van der Waals surface area contributed by atoms with Gasteiger partial charge in [0.2, 0.25) is 0 Å². The van der Waals surface area contributed by atoms with Crippen LogP contribution in [0.5, 0.6) is 0 Å². The number of rotatable bonds is 11. The lowest BCUT2D eigenvalue weighted by Gasteiger charge is -2.17. The van der Waals surface area contributed by atoms with E-state index in [1.165, 1.54) is 14.7 Å². The van der Waals surface area contributed by atoms with Crippen LogP contribution in [0, 0.1) is 0 Å². The van der Waals surface area contributed by atoms with E-state index in [4.69, 9.17) is 4.74 Å². The Hall–Kier alpha value is -1.82. The van der Waals surface area contributed by atoms with Gasteiger partial charge in [0.1, 0.15) is 6.10 Å². The Balaban J connectivity index is 1.49. The molecule has 0 fully saturated rings. The molecule has 0 bridgehead atoms. The molecule has 3 rings (SSSR count). The average Bonchev–Trinajstić information content (AvgIpc) is 2.78. The van der Waals surface area contributed by atoms with Gasteiger partial charge in [-0.05, 0) is 36.4 Å². The van der Waals surface area contributed by atoms with Gasteiger partial charge in [0.05, 0.1) is 6.42 Å². The van der Waals surface area contributed by atoms with Crippen LogP contribution in [0.15, 0.2) is 106 Å². The Morgan fingerprint density at radius 2 is 1.07 bits per heavy atom. The fourth-order valence-corrected chi connectivity index (χ4v) is 5.37. The quantitative estimate of drug-likeness (QED) is 0.245. The smallest absolute Gasteiger partial charge is 0.306 e. The molecule has 0 aliphatic carbocycles. The fraction of sp³-hybridized carbons (Fsp3) is 0.208. The Morgan fingerprint density at radius 1 is 0.655 bits per heavy atom. The molecule has 0 radical (unpaired) electrons. The summed E-state index contributed by atoms with van der Waals surface area (Å²) < 4.78 is 5.84. The molecule has 0 atom stereocenters. The van der Waals surface area contributed by atoms with Gasteiger partial charge in [-0.2, -0.15) is 0 Å². The van der Waals surface area contributed by atoms with E-state index in [0.29, 0.717) is 6.42 Å².